The Morgan fingerprint density at radius 1 is 1.00 bits per heavy atom. The van der Waals surface area contributed by atoms with Gasteiger partial charge < -0.3 is 15.5 Å². The molecule has 0 atom stereocenters. The molecule has 2 N–H and O–H groups in total. The summed E-state index contributed by atoms with van der Waals surface area (Å²) in [6, 6.07) is 12.1. The molecule has 7 heteroatoms. The Labute approximate surface area is 170 Å². The summed E-state index contributed by atoms with van der Waals surface area (Å²) in [4.78, 5) is 27.8. The van der Waals surface area contributed by atoms with Crippen molar-refractivity contribution >= 4 is 28.6 Å². The quantitative estimate of drug-likeness (QED) is 0.696. The third-order valence-corrected chi connectivity index (χ3v) is 5.33. The molecule has 1 aromatic carbocycles. The number of carbonyl (C=O) groups is 1. The molecule has 2 heterocycles. The maximum Gasteiger partial charge on any atom is 0.253 e. The molecule has 7 nitrogen and oxygen atoms in total. The fraction of sp³-hybridized carbons (Fsp3) is 0.364. The molecule has 150 valence electrons. The van der Waals surface area contributed by atoms with Crippen LogP contribution in [0.1, 0.15) is 36.0 Å². The van der Waals surface area contributed by atoms with Crippen LogP contribution in [0.25, 0.3) is 10.9 Å². The number of para-hydroxylation sites is 1. The van der Waals surface area contributed by atoms with Gasteiger partial charge in [0.1, 0.15) is 5.82 Å². The number of nitrogens with zero attached hydrogens (tertiary/aromatic N) is 4. The molecule has 1 saturated carbocycles. The first kappa shape index (κ1) is 19.1. The Kier molecular flexibility index (Phi) is 5.55. The third kappa shape index (κ3) is 4.45. The summed E-state index contributed by atoms with van der Waals surface area (Å²) in [5, 5.41) is 7.67. The summed E-state index contributed by atoms with van der Waals surface area (Å²) >= 11 is 0. The van der Waals surface area contributed by atoms with E-state index >= 15 is 0 Å². The molecule has 0 bridgehead atoms. The summed E-state index contributed by atoms with van der Waals surface area (Å²) in [7, 11) is 3.99. The zero-order chi connectivity index (χ0) is 20.2. The van der Waals surface area contributed by atoms with Gasteiger partial charge in [0.15, 0.2) is 0 Å². The zero-order valence-corrected chi connectivity index (χ0v) is 16.8. The van der Waals surface area contributed by atoms with Gasteiger partial charge in [0.25, 0.3) is 5.91 Å². The number of pyridine rings is 1. The minimum atomic E-state index is -0.0528. The lowest BCUT2D eigenvalue weighted by atomic mass is 9.91. The number of hydrogen-bond donors (Lipinski definition) is 2. The van der Waals surface area contributed by atoms with E-state index in [1.807, 2.05) is 43.3 Å². The second-order valence-electron chi connectivity index (χ2n) is 7.69. The van der Waals surface area contributed by atoms with Crippen molar-refractivity contribution in [3.8, 4) is 0 Å². The van der Waals surface area contributed by atoms with Gasteiger partial charge in [0, 0.05) is 44.0 Å². The van der Waals surface area contributed by atoms with E-state index in [1.54, 1.807) is 24.5 Å². The molecule has 4 rings (SSSR count). The number of amides is 1. The van der Waals surface area contributed by atoms with E-state index in [1.165, 1.54) is 0 Å². The number of benzene rings is 1. The van der Waals surface area contributed by atoms with Gasteiger partial charge in [-0.05, 0) is 49.9 Å². The van der Waals surface area contributed by atoms with Crippen LogP contribution in [0.4, 0.5) is 11.8 Å². The highest BCUT2D eigenvalue weighted by Crippen LogP contribution is 2.26. The number of nitrogens with one attached hydrogen (secondary N) is 2. The van der Waals surface area contributed by atoms with Crippen LogP contribution in [0.2, 0.25) is 0 Å². The molecular formula is C22H26N6O. The molecule has 0 radical (unpaired) electrons. The van der Waals surface area contributed by atoms with Crippen molar-refractivity contribution in [3.05, 3.63) is 54.4 Å². The lowest BCUT2D eigenvalue weighted by Gasteiger charge is -2.30. The third-order valence-electron chi connectivity index (χ3n) is 5.33. The lowest BCUT2D eigenvalue weighted by Crippen LogP contribution is -2.40. The van der Waals surface area contributed by atoms with E-state index in [4.69, 9.17) is 9.97 Å². The number of hydrogen-bond acceptors (Lipinski definition) is 6. The maximum atomic E-state index is 12.3. The summed E-state index contributed by atoms with van der Waals surface area (Å²) in [5.74, 6) is 1.52. The molecular weight excluding hydrogens is 364 g/mol. The van der Waals surface area contributed by atoms with Crippen molar-refractivity contribution in [2.75, 3.05) is 24.3 Å². The Bertz CT molecular complexity index is 983. The van der Waals surface area contributed by atoms with Gasteiger partial charge in [-0.1, -0.05) is 12.1 Å². The summed E-state index contributed by atoms with van der Waals surface area (Å²) < 4.78 is 0. The van der Waals surface area contributed by atoms with Gasteiger partial charge in [0.05, 0.1) is 11.1 Å². The van der Waals surface area contributed by atoms with Crippen LogP contribution in [0.15, 0.2) is 48.8 Å². The first-order chi connectivity index (χ1) is 14.1. The van der Waals surface area contributed by atoms with Gasteiger partial charge in [-0.3, -0.25) is 9.78 Å². The topological polar surface area (TPSA) is 83.0 Å². The molecule has 1 fully saturated rings. The van der Waals surface area contributed by atoms with Crippen LogP contribution in [-0.2, 0) is 0 Å². The van der Waals surface area contributed by atoms with E-state index in [0.717, 1.165) is 42.4 Å². The smallest absolute Gasteiger partial charge is 0.253 e. The van der Waals surface area contributed by atoms with Crippen LogP contribution < -0.4 is 15.5 Å². The standard InChI is InChI=1S/C22H26N6O/c1-28(2)20-18-7-3-4-8-19(18)26-22(27-20)25-17-11-9-16(10-12-17)24-21(29)15-6-5-13-23-14-15/h3-8,13-14,16-17H,9-12H2,1-2H3,(H,24,29)(H,25,26,27)/t16-,17+. The SMILES string of the molecule is CN(C)c1nc(N[C@H]2CC[C@@H](NC(=O)c3cccnc3)CC2)nc2ccccc12. The zero-order valence-electron chi connectivity index (χ0n) is 16.8. The number of aromatic nitrogens is 3. The van der Waals surface area contributed by atoms with Gasteiger partial charge in [-0.25, -0.2) is 4.98 Å². The number of fused-ring (bicyclic) bond motifs is 1. The van der Waals surface area contributed by atoms with Crippen molar-refractivity contribution in [2.24, 2.45) is 0 Å². The molecule has 0 aliphatic heterocycles. The largest absolute Gasteiger partial charge is 0.362 e. The fourth-order valence-electron chi connectivity index (χ4n) is 3.80. The van der Waals surface area contributed by atoms with Crippen molar-refractivity contribution in [1.82, 2.24) is 20.3 Å². The first-order valence-electron chi connectivity index (χ1n) is 10.0. The highest BCUT2D eigenvalue weighted by Gasteiger charge is 2.23. The van der Waals surface area contributed by atoms with Crippen molar-refractivity contribution in [3.63, 3.8) is 0 Å². The molecule has 3 aromatic rings. The normalized spacial score (nSPS) is 19.0. The average molecular weight is 390 g/mol. The molecule has 29 heavy (non-hydrogen) atoms. The predicted molar refractivity (Wildman–Crippen MR) is 115 cm³/mol. The summed E-state index contributed by atoms with van der Waals surface area (Å²) in [6.45, 7) is 0. The van der Waals surface area contributed by atoms with Gasteiger partial charge in [0.2, 0.25) is 5.95 Å². The number of anilines is 2. The average Bonchev–Trinajstić information content (AvgIpc) is 2.75. The molecule has 0 unspecified atom stereocenters. The van der Waals surface area contributed by atoms with Gasteiger partial charge in [-0.2, -0.15) is 4.98 Å². The van der Waals surface area contributed by atoms with E-state index in [-0.39, 0.29) is 11.9 Å². The molecule has 0 spiro atoms. The van der Waals surface area contributed by atoms with E-state index in [0.29, 0.717) is 17.6 Å². The van der Waals surface area contributed by atoms with Gasteiger partial charge >= 0.3 is 0 Å². The first-order valence-corrected chi connectivity index (χ1v) is 10.0. The molecule has 1 aliphatic rings. The monoisotopic (exact) mass is 390 g/mol. The predicted octanol–water partition coefficient (Wildman–Crippen LogP) is 3.24. The minimum absolute atomic E-state index is 0.0528. The molecule has 2 aromatic heterocycles. The van der Waals surface area contributed by atoms with Crippen LogP contribution >= 0.6 is 0 Å². The highest BCUT2D eigenvalue weighted by atomic mass is 16.1. The molecule has 0 saturated heterocycles. The Hall–Kier alpha value is -3.22. The Morgan fingerprint density at radius 2 is 1.76 bits per heavy atom. The Balaban J connectivity index is 1.38. The van der Waals surface area contributed by atoms with Crippen LogP contribution in [-0.4, -0.2) is 47.0 Å². The minimum Gasteiger partial charge on any atom is -0.362 e. The number of carbonyl (C=O) groups excluding carboxylic acids is 1. The van der Waals surface area contributed by atoms with Crippen molar-refractivity contribution in [2.45, 2.75) is 37.8 Å². The van der Waals surface area contributed by atoms with Gasteiger partial charge in [-0.15, -0.1) is 0 Å². The molecule has 1 aliphatic carbocycles. The van der Waals surface area contributed by atoms with Crippen LogP contribution in [0.3, 0.4) is 0 Å². The highest BCUT2D eigenvalue weighted by molar-refractivity contribution is 5.94. The summed E-state index contributed by atoms with van der Waals surface area (Å²) in [6.07, 6.45) is 7.05. The van der Waals surface area contributed by atoms with Crippen molar-refractivity contribution < 1.29 is 4.79 Å². The lowest BCUT2D eigenvalue weighted by molar-refractivity contribution is 0.0926. The maximum absolute atomic E-state index is 12.3. The fourth-order valence-corrected chi connectivity index (χ4v) is 3.80. The van der Waals surface area contributed by atoms with Crippen molar-refractivity contribution in [1.29, 1.82) is 0 Å². The van der Waals surface area contributed by atoms with E-state index < -0.39 is 0 Å². The number of rotatable bonds is 5. The molecule has 1 amide bonds. The Morgan fingerprint density at radius 3 is 2.48 bits per heavy atom. The second kappa shape index (κ2) is 8.43. The van der Waals surface area contributed by atoms with E-state index in [9.17, 15) is 4.79 Å². The summed E-state index contributed by atoms with van der Waals surface area (Å²) in [5.41, 5.74) is 1.54. The van der Waals surface area contributed by atoms with Crippen LogP contribution in [0, 0.1) is 0 Å². The van der Waals surface area contributed by atoms with Crippen LogP contribution in [0.5, 0.6) is 0 Å². The second-order valence-corrected chi connectivity index (χ2v) is 7.69. The van der Waals surface area contributed by atoms with E-state index in [2.05, 4.69) is 15.6 Å².